The second-order valence-electron chi connectivity index (χ2n) is 9.24. The number of aryl methyl sites for hydroxylation is 1. The van der Waals surface area contributed by atoms with Crippen LogP contribution in [0.15, 0.2) is 29.2 Å². The molecule has 1 aromatic carbocycles. The van der Waals surface area contributed by atoms with Crippen molar-refractivity contribution in [2.45, 2.75) is 57.4 Å². The van der Waals surface area contributed by atoms with E-state index in [4.69, 9.17) is 16.3 Å². The molecule has 1 amide bonds. The van der Waals surface area contributed by atoms with Crippen molar-refractivity contribution in [2.24, 2.45) is 12.5 Å². The van der Waals surface area contributed by atoms with Crippen LogP contribution in [0.25, 0.3) is 0 Å². The molecule has 10 heteroatoms. The van der Waals surface area contributed by atoms with E-state index in [0.29, 0.717) is 36.8 Å². The lowest BCUT2D eigenvalue weighted by Gasteiger charge is -2.28. The second-order valence-corrected chi connectivity index (χ2v) is 11.4. The molecule has 1 fully saturated rings. The smallest absolute Gasteiger partial charge is 0.274 e. The zero-order valence-corrected chi connectivity index (χ0v) is 20.7. The number of benzene rings is 1. The molecule has 1 aliphatic rings. The standard InChI is InChI=1S/C22H31ClN4O4S/c1-14(22(2,3)4)24-21(28)19-18(20(27(5)25-19)15-10-12-31-13-11-15)26-32(29,30)17-8-6-16(23)7-9-17/h6-9,14-15,26H,10-13H2,1-5H3,(H,24,28). The SMILES string of the molecule is CC(NC(=O)c1nn(C)c(C2CCOCC2)c1NS(=O)(=O)c1ccc(Cl)cc1)C(C)(C)C. The fourth-order valence-electron chi connectivity index (χ4n) is 3.52. The number of rotatable bonds is 6. The quantitative estimate of drug-likeness (QED) is 0.649. The van der Waals surface area contributed by atoms with Crippen molar-refractivity contribution in [3.05, 3.63) is 40.7 Å². The highest BCUT2D eigenvalue weighted by molar-refractivity contribution is 7.92. The number of ether oxygens (including phenoxy) is 1. The number of nitrogens with zero attached hydrogens (tertiary/aromatic N) is 2. The molecule has 32 heavy (non-hydrogen) atoms. The minimum atomic E-state index is -3.96. The van der Waals surface area contributed by atoms with Gasteiger partial charge < -0.3 is 10.1 Å². The lowest BCUT2D eigenvalue weighted by Crippen LogP contribution is -2.41. The van der Waals surface area contributed by atoms with Gasteiger partial charge in [-0.05, 0) is 49.4 Å². The van der Waals surface area contributed by atoms with Gasteiger partial charge in [0.2, 0.25) is 0 Å². The van der Waals surface area contributed by atoms with E-state index in [9.17, 15) is 13.2 Å². The van der Waals surface area contributed by atoms with Crippen LogP contribution in [0.3, 0.4) is 0 Å². The van der Waals surface area contributed by atoms with Crippen molar-refractivity contribution in [2.75, 3.05) is 17.9 Å². The maximum Gasteiger partial charge on any atom is 0.274 e. The van der Waals surface area contributed by atoms with Crippen LogP contribution in [-0.4, -0.2) is 43.4 Å². The van der Waals surface area contributed by atoms with Gasteiger partial charge in [-0.3, -0.25) is 14.2 Å². The van der Waals surface area contributed by atoms with Crippen molar-refractivity contribution in [1.29, 1.82) is 0 Å². The first-order valence-corrected chi connectivity index (χ1v) is 12.5. The van der Waals surface area contributed by atoms with Crippen molar-refractivity contribution in [3.63, 3.8) is 0 Å². The number of hydrogen-bond donors (Lipinski definition) is 2. The lowest BCUT2D eigenvalue weighted by molar-refractivity contribution is 0.0838. The van der Waals surface area contributed by atoms with Crippen LogP contribution in [0.1, 0.15) is 62.6 Å². The molecular weight excluding hydrogens is 452 g/mol. The Kier molecular flexibility index (Phi) is 7.21. The third kappa shape index (κ3) is 5.44. The third-order valence-electron chi connectivity index (χ3n) is 5.92. The summed E-state index contributed by atoms with van der Waals surface area (Å²) in [5.74, 6) is -0.402. The van der Waals surface area contributed by atoms with Crippen LogP contribution in [0, 0.1) is 5.41 Å². The summed E-state index contributed by atoms with van der Waals surface area (Å²) in [6.07, 6.45) is 1.43. The Hall–Kier alpha value is -2.10. The van der Waals surface area contributed by atoms with Crippen molar-refractivity contribution < 1.29 is 17.9 Å². The number of hydrogen-bond acceptors (Lipinski definition) is 5. The molecule has 1 unspecified atom stereocenters. The number of anilines is 1. The second kappa shape index (κ2) is 9.41. The van der Waals surface area contributed by atoms with Gasteiger partial charge in [-0.1, -0.05) is 32.4 Å². The van der Waals surface area contributed by atoms with Crippen LogP contribution < -0.4 is 10.0 Å². The van der Waals surface area contributed by atoms with E-state index in [1.54, 1.807) is 11.7 Å². The molecule has 1 aliphatic heterocycles. The third-order valence-corrected chi connectivity index (χ3v) is 7.54. The van der Waals surface area contributed by atoms with Crippen molar-refractivity contribution in [1.82, 2.24) is 15.1 Å². The number of carbonyl (C=O) groups is 1. The number of sulfonamides is 1. The predicted molar refractivity (Wildman–Crippen MR) is 125 cm³/mol. The number of nitrogens with one attached hydrogen (secondary N) is 2. The zero-order valence-electron chi connectivity index (χ0n) is 19.1. The molecule has 1 aromatic heterocycles. The summed E-state index contributed by atoms with van der Waals surface area (Å²) in [5, 5.41) is 7.82. The average Bonchev–Trinajstić information content (AvgIpc) is 3.03. The van der Waals surface area contributed by atoms with Crippen molar-refractivity contribution in [3.8, 4) is 0 Å². The Morgan fingerprint density at radius 3 is 2.38 bits per heavy atom. The van der Waals surface area contributed by atoms with E-state index in [1.807, 2.05) is 27.7 Å². The summed E-state index contributed by atoms with van der Waals surface area (Å²) >= 11 is 5.91. The monoisotopic (exact) mass is 482 g/mol. The van der Waals surface area contributed by atoms with Gasteiger partial charge in [-0.2, -0.15) is 5.10 Å². The average molecular weight is 483 g/mol. The Bertz CT molecular complexity index is 1070. The van der Waals surface area contributed by atoms with Gasteiger partial charge in [0.1, 0.15) is 5.69 Å². The molecular formula is C22H31ClN4O4S. The molecule has 0 aliphatic carbocycles. The maximum atomic E-state index is 13.2. The predicted octanol–water partition coefficient (Wildman–Crippen LogP) is 3.93. The molecule has 0 spiro atoms. The first kappa shape index (κ1) is 24.5. The molecule has 1 saturated heterocycles. The van der Waals surface area contributed by atoms with E-state index in [-0.39, 0.29) is 33.7 Å². The molecule has 2 aromatic rings. The summed E-state index contributed by atoms with van der Waals surface area (Å²) in [5.41, 5.74) is 0.784. The largest absolute Gasteiger partial charge is 0.381 e. The van der Waals surface area contributed by atoms with Crippen LogP contribution in [-0.2, 0) is 21.8 Å². The van der Waals surface area contributed by atoms with Gasteiger partial charge in [0.25, 0.3) is 15.9 Å². The van der Waals surface area contributed by atoms with Crippen LogP contribution in [0.5, 0.6) is 0 Å². The zero-order chi connectivity index (χ0) is 23.7. The van der Waals surface area contributed by atoms with E-state index >= 15 is 0 Å². The van der Waals surface area contributed by atoms with E-state index in [1.165, 1.54) is 24.3 Å². The fourth-order valence-corrected chi connectivity index (χ4v) is 4.73. The highest BCUT2D eigenvalue weighted by atomic mass is 35.5. The van der Waals surface area contributed by atoms with Gasteiger partial charge in [0, 0.05) is 37.2 Å². The molecule has 2 heterocycles. The van der Waals surface area contributed by atoms with Gasteiger partial charge in [-0.25, -0.2) is 8.42 Å². The number of halogens is 1. The number of carbonyl (C=O) groups excluding carboxylic acids is 1. The van der Waals surface area contributed by atoms with E-state index < -0.39 is 15.9 Å². The van der Waals surface area contributed by atoms with E-state index in [0.717, 1.165) is 0 Å². The Morgan fingerprint density at radius 1 is 1.22 bits per heavy atom. The lowest BCUT2D eigenvalue weighted by atomic mass is 9.88. The molecule has 1 atom stereocenters. The van der Waals surface area contributed by atoms with E-state index in [2.05, 4.69) is 15.1 Å². The minimum absolute atomic E-state index is 0.0192. The molecule has 2 N–H and O–H groups in total. The molecule has 0 radical (unpaired) electrons. The van der Waals surface area contributed by atoms with Crippen LogP contribution >= 0.6 is 11.6 Å². The normalized spacial score (nSPS) is 16.6. The summed E-state index contributed by atoms with van der Waals surface area (Å²) in [7, 11) is -2.23. The first-order chi connectivity index (χ1) is 14.9. The van der Waals surface area contributed by atoms with Gasteiger partial charge >= 0.3 is 0 Å². The molecule has 3 rings (SSSR count). The van der Waals surface area contributed by atoms with Crippen LogP contribution in [0.4, 0.5) is 5.69 Å². The summed E-state index contributed by atoms with van der Waals surface area (Å²) in [6.45, 7) is 9.12. The first-order valence-electron chi connectivity index (χ1n) is 10.6. The molecule has 176 valence electrons. The summed E-state index contributed by atoms with van der Waals surface area (Å²) < 4.78 is 36.0. The number of aromatic nitrogens is 2. The minimum Gasteiger partial charge on any atom is -0.381 e. The van der Waals surface area contributed by atoms with Gasteiger partial charge in [0.15, 0.2) is 5.69 Å². The summed E-state index contributed by atoms with van der Waals surface area (Å²) in [6, 6.07) is 5.73. The van der Waals surface area contributed by atoms with Gasteiger partial charge in [-0.15, -0.1) is 0 Å². The Balaban J connectivity index is 2.04. The van der Waals surface area contributed by atoms with Crippen LogP contribution in [0.2, 0.25) is 5.02 Å². The summed E-state index contributed by atoms with van der Waals surface area (Å²) in [4.78, 5) is 13.2. The maximum absolute atomic E-state index is 13.2. The Morgan fingerprint density at radius 2 is 1.81 bits per heavy atom. The molecule has 8 nitrogen and oxygen atoms in total. The Labute approximate surface area is 194 Å². The highest BCUT2D eigenvalue weighted by Gasteiger charge is 2.32. The highest BCUT2D eigenvalue weighted by Crippen LogP contribution is 2.35. The van der Waals surface area contributed by atoms with Gasteiger partial charge in [0.05, 0.1) is 10.6 Å². The topological polar surface area (TPSA) is 102 Å². The molecule has 0 saturated carbocycles. The fraction of sp³-hybridized carbons (Fsp3) is 0.545. The number of amides is 1. The molecule has 0 bridgehead atoms. The van der Waals surface area contributed by atoms with Crippen molar-refractivity contribution >= 4 is 33.2 Å².